The number of hydrogen-bond donors (Lipinski definition) is 3. The van der Waals surface area contributed by atoms with E-state index < -0.39 is 6.04 Å². The Morgan fingerprint density at radius 1 is 1.22 bits per heavy atom. The molecule has 0 amide bonds. The first-order chi connectivity index (χ1) is 8.40. The van der Waals surface area contributed by atoms with E-state index in [2.05, 4.69) is 4.99 Å². The topological polar surface area (TPSA) is 107 Å². The van der Waals surface area contributed by atoms with Gasteiger partial charge in [-0.05, 0) is 24.1 Å². The van der Waals surface area contributed by atoms with Gasteiger partial charge < -0.3 is 17.2 Å². The molecule has 0 saturated heterocycles. The molecule has 0 aliphatic heterocycles. The second-order valence-electron chi connectivity index (χ2n) is 4.57. The fourth-order valence-electron chi connectivity index (χ4n) is 1.64. The van der Waals surface area contributed by atoms with Gasteiger partial charge in [0.05, 0.1) is 11.7 Å². The fourth-order valence-corrected chi connectivity index (χ4v) is 1.64. The third kappa shape index (κ3) is 4.18. The zero-order chi connectivity index (χ0) is 13.7. The van der Waals surface area contributed by atoms with Gasteiger partial charge in [0.15, 0.2) is 11.7 Å². The number of hydrogen-bond acceptors (Lipinski definition) is 3. The largest absolute Gasteiger partial charge is 0.370 e. The summed E-state index contributed by atoms with van der Waals surface area (Å²) in [5.74, 6) is 0.0543. The van der Waals surface area contributed by atoms with Crippen LogP contribution in [0.3, 0.4) is 0 Å². The molecule has 18 heavy (non-hydrogen) atoms. The summed E-state index contributed by atoms with van der Waals surface area (Å²) in [5.41, 5.74) is 18.1. The van der Waals surface area contributed by atoms with Crippen LogP contribution < -0.4 is 17.2 Å². The van der Waals surface area contributed by atoms with Gasteiger partial charge in [0.2, 0.25) is 0 Å². The number of nitrogens with two attached hydrogens (primary N) is 3. The lowest BCUT2D eigenvalue weighted by atomic mass is 9.96. The molecule has 98 valence electrons. The standard InChI is InChI=1S/C13H20N4O/c1-8(2)12(18)11(14)7-9-3-5-10(6-4-9)17-13(15)16/h3-6,8,11H,7,14H2,1-2H3,(H4,15,16,17). The number of benzene rings is 1. The highest BCUT2D eigenvalue weighted by atomic mass is 16.1. The second-order valence-corrected chi connectivity index (χ2v) is 4.57. The molecule has 6 N–H and O–H groups in total. The van der Waals surface area contributed by atoms with E-state index in [4.69, 9.17) is 17.2 Å². The van der Waals surface area contributed by atoms with Crippen LogP contribution in [0.25, 0.3) is 0 Å². The van der Waals surface area contributed by atoms with Gasteiger partial charge in [-0.25, -0.2) is 4.99 Å². The highest BCUT2D eigenvalue weighted by Crippen LogP contribution is 2.14. The molecule has 5 nitrogen and oxygen atoms in total. The average Bonchev–Trinajstić information content (AvgIpc) is 2.29. The van der Waals surface area contributed by atoms with Gasteiger partial charge in [-0.1, -0.05) is 26.0 Å². The highest BCUT2D eigenvalue weighted by Gasteiger charge is 2.17. The van der Waals surface area contributed by atoms with Crippen LogP contribution in [-0.4, -0.2) is 17.8 Å². The van der Waals surface area contributed by atoms with Crippen LogP contribution in [0.1, 0.15) is 19.4 Å². The maximum Gasteiger partial charge on any atom is 0.191 e. The van der Waals surface area contributed by atoms with Gasteiger partial charge >= 0.3 is 0 Å². The Labute approximate surface area is 107 Å². The maximum atomic E-state index is 11.7. The second kappa shape index (κ2) is 6.16. The molecule has 0 heterocycles. The SMILES string of the molecule is CC(C)C(=O)C(N)Cc1ccc(N=C(N)N)cc1. The van der Waals surface area contributed by atoms with Crippen molar-refractivity contribution in [2.75, 3.05) is 0 Å². The number of rotatable bonds is 5. The lowest BCUT2D eigenvalue weighted by Crippen LogP contribution is -2.35. The van der Waals surface area contributed by atoms with Crippen molar-refractivity contribution in [3.8, 4) is 0 Å². The van der Waals surface area contributed by atoms with Gasteiger partial charge in [-0.2, -0.15) is 0 Å². The number of aliphatic imine (C=N–C) groups is 1. The zero-order valence-corrected chi connectivity index (χ0v) is 10.8. The summed E-state index contributed by atoms with van der Waals surface area (Å²) >= 11 is 0. The lowest BCUT2D eigenvalue weighted by molar-refractivity contribution is -0.123. The molecule has 0 aliphatic rings. The molecule has 0 aliphatic carbocycles. The third-order valence-corrected chi connectivity index (χ3v) is 2.58. The Bertz CT molecular complexity index is 433. The van der Waals surface area contributed by atoms with Crippen LogP contribution >= 0.6 is 0 Å². The summed E-state index contributed by atoms with van der Waals surface area (Å²) in [5, 5.41) is 0. The van der Waals surface area contributed by atoms with Crippen LogP contribution in [0.15, 0.2) is 29.3 Å². The van der Waals surface area contributed by atoms with E-state index in [1.165, 1.54) is 0 Å². The van der Waals surface area contributed by atoms with Crippen molar-refractivity contribution in [3.63, 3.8) is 0 Å². The summed E-state index contributed by atoms with van der Waals surface area (Å²) < 4.78 is 0. The molecule has 0 bridgehead atoms. The zero-order valence-electron chi connectivity index (χ0n) is 10.8. The van der Waals surface area contributed by atoms with E-state index in [9.17, 15) is 4.79 Å². The molecule has 0 fully saturated rings. The Hall–Kier alpha value is -1.88. The van der Waals surface area contributed by atoms with E-state index in [-0.39, 0.29) is 17.7 Å². The molecule has 0 spiro atoms. The molecule has 1 aromatic carbocycles. The van der Waals surface area contributed by atoms with E-state index in [0.29, 0.717) is 12.1 Å². The maximum absolute atomic E-state index is 11.7. The Morgan fingerprint density at radius 3 is 2.22 bits per heavy atom. The van der Waals surface area contributed by atoms with Crippen LogP contribution in [0.5, 0.6) is 0 Å². The molecule has 1 unspecified atom stereocenters. The van der Waals surface area contributed by atoms with Crippen molar-refractivity contribution in [2.24, 2.45) is 28.1 Å². The summed E-state index contributed by atoms with van der Waals surface area (Å²) in [7, 11) is 0. The summed E-state index contributed by atoms with van der Waals surface area (Å²) in [6, 6.07) is 6.87. The van der Waals surface area contributed by atoms with Crippen molar-refractivity contribution in [1.29, 1.82) is 0 Å². The third-order valence-electron chi connectivity index (χ3n) is 2.58. The molecule has 1 atom stereocenters. The Morgan fingerprint density at radius 2 is 1.78 bits per heavy atom. The molecule has 1 rings (SSSR count). The first kappa shape index (κ1) is 14.2. The van der Waals surface area contributed by atoms with Gasteiger partial charge in [0, 0.05) is 5.92 Å². The summed E-state index contributed by atoms with van der Waals surface area (Å²) in [6.07, 6.45) is 0.527. The molecule has 1 aromatic rings. The van der Waals surface area contributed by atoms with E-state index in [1.54, 1.807) is 12.1 Å². The quantitative estimate of drug-likeness (QED) is 0.526. The van der Waals surface area contributed by atoms with E-state index >= 15 is 0 Å². The highest BCUT2D eigenvalue weighted by molar-refractivity contribution is 5.85. The van der Waals surface area contributed by atoms with Crippen molar-refractivity contribution < 1.29 is 4.79 Å². The predicted octanol–water partition coefficient (Wildman–Crippen LogP) is 0.686. The first-order valence-corrected chi connectivity index (χ1v) is 5.88. The van der Waals surface area contributed by atoms with Crippen LogP contribution in [0, 0.1) is 5.92 Å². The molecular weight excluding hydrogens is 228 g/mol. The normalized spacial score (nSPS) is 12.2. The van der Waals surface area contributed by atoms with E-state index in [1.807, 2.05) is 26.0 Å². The van der Waals surface area contributed by atoms with Crippen LogP contribution in [0.2, 0.25) is 0 Å². The molecule has 0 aromatic heterocycles. The summed E-state index contributed by atoms with van der Waals surface area (Å²) in [6.45, 7) is 3.70. The van der Waals surface area contributed by atoms with Crippen molar-refractivity contribution in [1.82, 2.24) is 0 Å². The number of nitrogens with zero attached hydrogens (tertiary/aromatic N) is 1. The average molecular weight is 248 g/mol. The lowest BCUT2D eigenvalue weighted by Gasteiger charge is -2.13. The fraction of sp³-hybridized carbons (Fsp3) is 0.385. The minimum absolute atomic E-state index is 0.0226. The Balaban J connectivity index is 2.69. The minimum atomic E-state index is -0.459. The number of carbonyl (C=O) groups is 1. The number of ketones is 1. The van der Waals surface area contributed by atoms with Crippen LogP contribution in [0.4, 0.5) is 5.69 Å². The summed E-state index contributed by atoms with van der Waals surface area (Å²) in [4.78, 5) is 15.6. The van der Waals surface area contributed by atoms with Crippen molar-refractivity contribution >= 4 is 17.4 Å². The van der Waals surface area contributed by atoms with Gasteiger partial charge in [-0.3, -0.25) is 4.79 Å². The smallest absolute Gasteiger partial charge is 0.191 e. The van der Waals surface area contributed by atoms with E-state index in [0.717, 1.165) is 5.56 Å². The number of guanidine groups is 1. The molecule has 5 heteroatoms. The Kier molecular flexibility index (Phi) is 4.85. The van der Waals surface area contributed by atoms with Crippen molar-refractivity contribution in [2.45, 2.75) is 26.3 Å². The van der Waals surface area contributed by atoms with Gasteiger partial charge in [0.1, 0.15) is 0 Å². The monoisotopic (exact) mass is 248 g/mol. The van der Waals surface area contributed by atoms with Gasteiger partial charge in [0.25, 0.3) is 0 Å². The number of Topliss-reactive ketones (excluding diaryl/α,β-unsaturated/α-hetero) is 1. The van der Waals surface area contributed by atoms with Crippen molar-refractivity contribution in [3.05, 3.63) is 29.8 Å². The van der Waals surface area contributed by atoms with Gasteiger partial charge in [-0.15, -0.1) is 0 Å². The minimum Gasteiger partial charge on any atom is -0.370 e. The first-order valence-electron chi connectivity index (χ1n) is 5.88. The van der Waals surface area contributed by atoms with Crippen LogP contribution in [-0.2, 0) is 11.2 Å². The number of carbonyl (C=O) groups excluding carboxylic acids is 1. The molecule has 0 radical (unpaired) electrons. The predicted molar refractivity (Wildman–Crippen MR) is 73.4 cm³/mol. The molecule has 0 saturated carbocycles. The molecular formula is C13H20N4O.